The lowest BCUT2D eigenvalue weighted by Gasteiger charge is -2.07. The summed E-state index contributed by atoms with van der Waals surface area (Å²) >= 11 is 0. The predicted molar refractivity (Wildman–Crippen MR) is 57.1 cm³/mol. The quantitative estimate of drug-likeness (QED) is 0.571. The summed E-state index contributed by atoms with van der Waals surface area (Å²) in [5, 5.41) is 8.41. The molecule has 6 heteroatoms. The van der Waals surface area contributed by atoms with Gasteiger partial charge in [0.2, 0.25) is 0 Å². The molecule has 0 saturated heterocycles. The van der Waals surface area contributed by atoms with Gasteiger partial charge in [0.05, 0.1) is 12.0 Å². The minimum atomic E-state index is -1.35. The van der Waals surface area contributed by atoms with Crippen molar-refractivity contribution in [1.82, 2.24) is 0 Å². The Hall–Kier alpha value is -2.21. The van der Waals surface area contributed by atoms with Crippen LogP contribution in [0.25, 0.3) is 0 Å². The molecule has 0 saturated carbocycles. The van der Waals surface area contributed by atoms with E-state index in [1.807, 2.05) is 0 Å². The van der Waals surface area contributed by atoms with Gasteiger partial charge in [0.15, 0.2) is 0 Å². The molecule has 6 nitrogen and oxygen atoms in total. The highest BCUT2D eigenvalue weighted by Crippen LogP contribution is 2.02. The molecule has 3 N–H and O–H groups in total. The molecule has 1 unspecified atom stereocenters. The molecule has 0 radical (unpaired) electrons. The maximum absolute atomic E-state index is 11.4. The number of ether oxygens (including phenoxy) is 1. The summed E-state index contributed by atoms with van der Waals surface area (Å²) in [6.45, 7) is 0. The molecule has 0 spiro atoms. The molecule has 0 fully saturated rings. The van der Waals surface area contributed by atoms with Crippen LogP contribution in [0.4, 0.5) is 0 Å². The maximum Gasteiger partial charge on any atom is 0.345 e. The normalized spacial score (nSPS) is 11.6. The van der Waals surface area contributed by atoms with Crippen LogP contribution in [0.3, 0.4) is 0 Å². The van der Waals surface area contributed by atoms with Crippen molar-refractivity contribution in [1.29, 1.82) is 0 Å². The zero-order valence-corrected chi connectivity index (χ0v) is 8.83. The van der Waals surface area contributed by atoms with Gasteiger partial charge in [-0.2, -0.15) is 0 Å². The Kier molecular flexibility index (Phi) is 4.36. The summed E-state index contributed by atoms with van der Waals surface area (Å²) in [5.41, 5.74) is 5.43. The molecule has 0 aliphatic carbocycles. The fourth-order valence-electron chi connectivity index (χ4n) is 1.07. The van der Waals surface area contributed by atoms with Gasteiger partial charge in [0.25, 0.3) is 0 Å². The van der Waals surface area contributed by atoms with E-state index in [1.165, 1.54) is 12.1 Å². The van der Waals surface area contributed by atoms with E-state index in [0.717, 1.165) is 0 Å². The number of aliphatic carboxylic acids is 1. The fourth-order valence-corrected chi connectivity index (χ4v) is 1.07. The van der Waals surface area contributed by atoms with Gasteiger partial charge < -0.3 is 15.6 Å². The van der Waals surface area contributed by atoms with Gasteiger partial charge in [0, 0.05) is 0 Å². The molecule has 0 aliphatic rings. The Morgan fingerprint density at radius 1 is 1.24 bits per heavy atom. The van der Waals surface area contributed by atoms with Crippen molar-refractivity contribution in [3.8, 4) is 0 Å². The van der Waals surface area contributed by atoms with Gasteiger partial charge in [-0.05, 0) is 12.1 Å². The van der Waals surface area contributed by atoms with Crippen molar-refractivity contribution in [2.45, 2.75) is 12.5 Å². The number of esters is 2. The molecule has 0 aromatic heterocycles. The lowest BCUT2D eigenvalue weighted by molar-refractivity contribution is -0.145. The van der Waals surface area contributed by atoms with Crippen molar-refractivity contribution in [2.24, 2.45) is 5.73 Å². The first-order valence-electron chi connectivity index (χ1n) is 4.79. The minimum absolute atomic E-state index is 0.198. The SMILES string of the molecule is NC(CC(=O)O)C(=O)OC(=O)c1ccccc1. The average Bonchev–Trinajstić information content (AvgIpc) is 2.29. The molecular weight excluding hydrogens is 226 g/mol. The van der Waals surface area contributed by atoms with Crippen molar-refractivity contribution >= 4 is 17.9 Å². The van der Waals surface area contributed by atoms with E-state index in [-0.39, 0.29) is 5.56 Å². The van der Waals surface area contributed by atoms with E-state index in [2.05, 4.69) is 4.74 Å². The van der Waals surface area contributed by atoms with E-state index in [1.54, 1.807) is 18.2 Å². The fraction of sp³-hybridized carbons (Fsp3) is 0.182. The highest BCUT2D eigenvalue weighted by molar-refractivity contribution is 5.98. The van der Waals surface area contributed by atoms with Crippen molar-refractivity contribution < 1.29 is 24.2 Å². The van der Waals surface area contributed by atoms with Crippen LogP contribution in [0.5, 0.6) is 0 Å². The molecule has 17 heavy (non-hydrogen) atoms. The third kappa shape index (κ3) is 4.04. The molecule has 1 aromatic carbocycles. The van der Waals surface area contributed by atoms with E-state index in [9.17, 15) is 14.4 Å². The first-order chi connectivity index (χ1) is 8.00. The molecule has 0 bridgehead atoms. The van der Waals surface area contributed by atoms with Crippen LogP contribution in [-0.2, 0) is 14.3 Å². The number of rotatable bonds is 4. The van der Waals surface area contributed by atoms with Crippen molar-refractivity contribution in [3.63, 3.8) is 0 Å². The average molecular weight is 237 g/mol. The van der Waals surface area contributed by atoms with Gasteiger partial charge >= 0.3 is 17.9 Å². The highest BCUT2D eigenvalue weighted by atomic mass is 16.6. The molecule has 1 rings (SSSR count). The van der Waals surface area contributed by atoms with Crippen LogP contribution >= 0.6 is 0 Å². The Bertz CT molecular complexity index is 429. The molecule has 90 valence electrons. The van der Waals surface area contributed by atoms with E-state index in [0.29, 0.717) is 0 Å². The number of benzene rings is 1. The molecule has 0 aliphatic heterocycles. The van der Waals surface area contributed by atoms with Gasteiger partial charge in [0.1, 0.15) is 6.04 Å². The molecule has 1 aromatic rings. The lowest BCUT2D eigenvalue weighted by atomic mass is 10.2. The van der Waals surface area contributed by atoms with Crippen LogP contribution in [0.15, 0.2) is 30.3 Å². The second-order valence-electron chi connectivity index (χ2n) is 3.28. The second kappa shape index (κ2) is 5.76. The smallest absolute Gasteiger partial charge is 0.345 e. The first kappa shape index (κ1) is 12.9. The van der Waals surface area contributed by atoms with E-state index >= 15 is 0 Å². The highest BCUT2D eigenvalue weighted by Gasteiger charge is 2.21. The molecular formula is C11H11NO5. The van der Waals surface area contributed by atoms with Gasteiger partial charge in [-0.15, -0.1) is 0 Å². The standard InChI is InChI=1S/C11H11NO5/c12-8(6-9(13)14)11(16)17-10(15)7-4-2-1-3-5-7/h1-5,8H,6,12H2,(H,13,14). The third-order valence-electron chi connectivity index (χ3n) is 1.90. The number of carboxylic acids is 1. The molecule has 0 amide bonds. The van der Waals surface area contributed by atoms with Crippen LogP contribution in [0.1, 0.15) is 16.8 Å². The van der Waals surface area contributed by atoms with E-state index < -0.39 is 30.4 Å². The summed E-state index contributed by atoms with van der Waals surface area (Å²) < 4.78 is 4.43. The number of hydrogen-bond donors (Lipinski definition) is 2. The Morgan fingerprint density at radius 3 is 2.35 bits per heavy atom. The summed E-state index contributed by atoms with van der Waals surface area (Å²) in [4.78, 5) is 32.9. The Balaban J connectivity index is 2.58. The number of hydrogen-bond acceptors (Lipinski definition) is 5. The summed E-state index contributed by atoms with van der Waals surface area (Å²) in [7, 11) is 0. The predicted octanol–water partition coefficient (Wildman–Crippen LogP) is 0.172. The lowest BCUT2D eigenvalue weighted by Crippen LogP contribution is -2.35. The minimum Gasteiger partial charge on any atom is -0.481 e. The van der Waals surface area contributed by atoms with Crippen LogP contribution < -0.4 is 5.73 Å². The van der Waals surface area contributed by atoms with Gasteiger partial charge in [-0.1, -0.05) is 18.2 Å². The Labute approximate surface area is 97.0 Å². The number of carboxylic acid groups (broad SMARTS) is 1. The van der Waals surface area contributed by atoms with Crippen molar-refractivity contribution in [3.05, 3.63) is 35.9 Å². The monoisotopic (exact) mass is 237 g/mol. The summed E-state index contributed by atoms with van der Waals surface area (Å²) in [6.07, 6.45) is -0.582. The molecule has 1 atom stereocenters. The van der Waals surface area contributed by atoms with Crippen molar-refractivity contribution in [2.75, 3.05) is 0 Å². The van der Waals surface area contributed by atoms with E-state index in [4.69, 9.17) is 10.8 Å². The van der Waals surface area contributed by atoms with Crippen LogP contribution in [-0.4, -0.2) is 29.1 Å². The zero-order valence-electron chi connectivity index (χ0n) is 8.83. The molecule has 0 heterocycles. The Morgan fingerprint density at radius 2 is 1.82 bits per heavy atom. The third-order valence-corrected chi connectivity index (χ3v) is 1.90. The largest absolute Gasteiger partial charge is 0.481 e. The van der Waals surface area contributed by atoms with Crippen LogP contribution in [0.2, 0.25) is 0 Å². The summed E-state index contributed by atoms with van der Waals surface area (Å²) in [6, 6.07) is 6.52. The number of carbonyl (C=O) groups is 3. The second-order valence-corrected chi connectivity index (χ2v) is 3.28. The maximum atomic E-state index is 11.4. The zero-order chi connectivity index (χ0) is 12.8. The van der Waals surface area contributed by atoms with Gasteiger partial charge in [-0.3, -0.25) is 4.79 Å². The van der Waals surface area contributed by atoms with Crippen LogP contribution in [0, 0.1) is 0 Å². The number of nitrogens with two attached hydrogens (primary N) is 1. The first-order valence-corrected chi connectivity index (χ1v) is 4.79. The van der Waals surface area contributed by atoms with Gasteiger partial charge in [-0.25, -0.2) is 9.59 Å². The summed E-state index contributed by atoms with van der Waals surface area (Å²) in [5.74, 6) is -3.14. The topological polar surface area (TPSA) is 107 Å². The number of carbonyl (C=O) groups excluding carboxylic acids is 2.